The number of aromatic amines is 1. The van der Waals surface area contributed by atoms with Gasteiger partial charge in [-0.05, 0) is 35.4 Å². The fourth-order valence-electron chi connectivity index (χ4n) is 4.01. The molecular formula is C26H19FN4O5S2. The Hall–Kier alpha value is -4.39. The predicted octanol–water partition coefficient (Wildman–Crippen LogP) is 4.03. The van der Waals surface area contributed by atoms with Crippen LogP contribution in [0, 0.1) is 5.82 Å². The number of rotatable bonds is 7. The minimum absolute atomic E-state index is 0.0606. The van der Waals surface area contributed by atoms with Crippen molar-refractivity contribution < 1.29 is 22.7 Å². The van der Waals surface area contributed by atoms with Gasteiger partial charge in [-0.15, -0.1) is 11.3 Å². The highest BCUT2D eigenvalue weighted by molar-refractivity contribution is 7.89. The van der Waals surface area contributed by atoms with Crippen molar-refractivity contribution in [1.82, 2.24) is 14.8 Å². The summed E-state index contributed by atoms with van der Waals surface area (Å²) in [5, 5.41) is 18.9. The van der Waals surface area contributed by atoms with Crippen molar-refractivity contribution in [3.05, 3.63) is 111 Å². The second-order valence-electron chi connectivity index (χ2n) is 8.35. The number of thiazole rings is 1. The van der Waals surface area contributed by atoms with Gasteiger partial charge < -0.3 is 5.11 Å². The van der Waals surface area contributed by atoms with Crippen LogP contribution in [0.25, 0.3) is 27.5 Å². The van der Waals surface area contributed by atoms with Crippen LogP contribution in [0.3, 0.4) is 0 Å². The average Bonchev–Trinajstić information content (AvgIpc) is 3.50. The summed E-state index contributed by atoms with van der Waals surface area (Å²) in [4.78, 5) is 28.9. The van der Waals surface area contributed by atoms with Crippen LogP contribution in [0.1, 0.15) is 21.6 Å². The summed E-state index contributed by atoms with van der Waals surface area (Å²) in [5.41, 5.74) is 2.31. The van der Waals surface area contributed by atoms with Crippen LogP contribution < -0.4 is 10.7 Å². The molecule has 38 heavy (non-hydrogen) atoms. The molecule has 0 atom stereocenters. The molecule has 0 fully saturated rings. The Balaban J connectivity index is 1.64. The topological polar surface area (TPSA) is 148 Å². The molecule has 5 rings (SSSR count). The van der Waals surface area contributed by atoms with Gasteiger partial charge in [-0.2, -0.15) is 4.68 Å². The van der Waals surface area contributed by atoms with Crippen molar-refractivity contribution >= 4 is 27.3 Å². The zero-order chi connectivity index (χ0) is 27.0. The molecule has 5 aromatic rings. The maximum Gasteiger partial charge on any atom is 0.355 e. The minimum Gasteiger partial charge on any atom is -0.476 e. The van der Waals surface area contributed by atoms with E-state index in [1.54, 1.807) is 54.6 Å². The molecule has 3 aromatic carbocycles. The van der Waals surface area contributed by atoms with Crippen molar-refractivity contribution in [3.63, 3.8) is 0 Å². The molecule has 0 bridgehead atoms. The van der Waals surface area contributed by atoms with Gasteiger partial charge in [0, 0.05) is 28.5 Å². The van der Waals surface area contributed by atoms with E-state index in [-0.39, 0.29) is 22.1 Å². The number of carbonyl (C=O) groups is 1. The maximum absolute atomic E-state index is 14.5. The summed E-state index contributed by atoms with van der Waals surface area (Å²) in [6.07, 6.45) is 0.115. The molecule has 192 valence electrons. The van der Waals surface area contributed by atoms with Crippen molar-refractivity contribution in [1.29, 1.82) is 0 Å². The molecule has 2 aromatic heterocycles. The Kier molecular flexibility index (Phi) is 6.53. The van der Waals surface area contributed by atoms with Crippen molar-refractivity contribution in [3.8, 4) is 27.5 Å². The minimum atomic E-state index is -3.88. The third-order valence-electron chi connectivity index (χ3n) is 5.86. The lowest BCUT2D eigenvalue weighted by Gasteiger charge is -2.08. The summed E-state index contributed by atoms with van der Waals surface area (Å²) < 4.78 is 38.9. The molecule has 0 aliphatic carbocycles. The van der Waals surface area contributed by atoms with Gasteiger partial charge in [-0.1, -0.05) is 48.5 Å². The normalized spacial score (nSPS) is 11.5. The first kappa shape index (κ1) is 25.3. The first-order chi connectivity index (χ1) is 18.1. The van der Waals surface area contributed by atoms with Gasteiger partial charge in [0.2, 0.25) is 15.2 Å². The van der Waals surface area contributed by atoms with E-state index in [4.69, 9.17) is 5.14 Å². The number of carboxylic acid groups (broad SMARTS) is 1. The Bertz CT molecular complexity index is 1840. The maximum atomic E-state index is 14.5. The van der Waals surface area contributed by atoms with Crippen LogP contribution in [0.4, 0.5) is 4.39 Å². The molecule has 0 radical (unpaired) electrons. The summed E-state index contributed by atoms with van der Waals surface area (Å²) in [6, 6.07) is 19.2. The Labute approximate surface area is 219 Å². The quantitative estimate of drug-likeness (QED) is 0.279. The predicted molar refractivity (Wildman–Crippen MR) is 140 cm³/mol. The number of benzene rings is 3. The zero-order valence-corrected chi connectivity index (χ0v) is 21.1. The number of halogens is 1. The lowest BCUT2D eigenvalue weighted by molar-refractivity contribution is 0.0691. The van der Waals surface area contributed by atoms with E-state index in [2.05, 4.69) is 10.1 Å². The van der Waals surface area contributed by atoms with E-state index < -0.39 is 27.4 Å². The van der Waals surface area contributed by atoms with Crippen LogP contribution in [0.5, 0.6) is 0 Å². The monoisotopic (exact) mass is 550 g/mol. The van der Waals surface area contributed by atoms with Crippen LogP contribution in [0.15, 0.2) is 87.9 Å². The number of aromatic carboxylic acids is 1. The van der Waals surface area contributed by atoms with Crippen LogP contribution >= 0.6 is 11.3 Å². The molecule has 2 heterocycles. The highest BCUT2D eigenvalue weighted by Gasteiger charge is 2.21. The van der Waals surface area contributed by atoms with Gasteiger partial charge in [-0.25, -0.2) is 27.7 Å². The molecular weight excluding hydrogens is 531 g/mol. The first-order valence-electron chi connectivity index (χ1n) is 11.1. The average molecular weight is 551 g/mol. The van der Waals surface area contributed by atoms with Crippen LogP contribution in [-0.2, 0) is 16.4 Å². The largest absolute Gasteiger partial charge is 0.476 e. The number of hydrogen-bond donors (Lipinski definition) is 3. The lowest BCUT2D eigenvalue weighted by Crippen LogP contribution is -2.18. The van der Waals surface area contributed by atoms with Gasteiger partial charge in [0.25, 0.3) is 5.56 Å². The number of nitrogens with one attached hydrogen (secondary N) is 1. The highest BCUT2D eigenvalue weighted by Crippen LogP contribution is 2.30. The molecule has 12 heteroatoms. The standard InChI is InChI=1S/C26H19FN4O5S2/c27-21-7-2-1-6-19(21)16-4-3-5-17(13-16)23-20(12-15-8-10-18(11-9-15)38(28,35)36)24(32)31(30-23)26-29-22(14-37-26)25(33)34/h1-11,13-14,30H,12H2,(H,33,34)(H2,28,35,36). The van der Waals surface area contributed by atoms with E-state index in [1.165, 1.54) is 23.6 Å². The fourth-order valence-corrected chi connectivity index (χ4v) is 5.28. The van der Waals surface area contributed by atoms with Gasteiger partial charge in [0.1, 0.15) is 5.82 Å². The van der Waals surface area contributed by atoms with E-state index in [0.29, 0.717) is 33.5 Å². The van der Waals surface area contributed by atoms with Gasteiger partial charge in [-0.3, -0.25) is 9.89 Å². The first-order valence-corrected chi connectivity index (χ1v) is 13.5. The second-order valence-corrected chi connectivity index (χ2v) is 10.8. The number of carboxylic acids is 1. The summed E-state index contributed by atoms with van der Waals surface area (Å²) in [5.74, 6) is -1.62. The molecule has 0 spiro atoms. The molecule has 0 amide bonds. The molecule has 9 nitrogen and oxygen atoms in total. The number of hydrogen-bond acceptors (Lipinski definition) is 6. The fraction of sp³-hybridized carbons (Fsp3) is 0.0385. The molecule has 0 saturated heterocycles. The summed E-state index contributed by atoms with van der Waals surface area (Å²) in [7, 11) is -3.88. The smallest absolute Gasteiger partial charge is 0.355 e. The molecule has 0 aliphatic rings. The van der Waals surface area contributed by atoms with E-state index >= 15 is 0 Å². The molecule has 0 saturated carbocycles. The lowest BCUT2D eigenvalue weighted by atomic mass is 9.98. The summed E-state index contributed by atoms with van der Waals surface area (Å²) >= 11 is 0.985. The number of nitrogens with zero attached hydrogens (tertiary/aromatic N) is 2. The third-order valence-corrected chi connectivity index (χ3v) is 7.61. The van der Waals surface area contributed by atoms with Crippen LogP contribution in [-0.4, -0.2) is 34.3 Å². The number of H-pyrrole nitrogens is 1. The second kappa shape index (κ2) is 9.82. The molecule has 4 N–H and O–H groups in total. The van der Waals surface area contributed by atoms with Crippen LogP contribution in [0.2, 0.25) is 0 Å². The molecule has 0 unspecified atom stereocenters. The highest BCUT2D eigenvalue weighted by atomic mass is 32.2. The third kappa shape index (κ3) is 4.92. The van der Waals surface area contributed by atoms with Gasteiger partial charge >= 0.3 is 5.97 Å². The number of nitrogens with two attached hydrogens (primary N) is 1. The van der Waals surface area contributed by atoms with E-state index in [1.807, 2.05) is 0 Å². The zero-order valence-electron chi connectivity index (χ0n) is 19.5. The Morgan fingerprint density at radius 3 is 2.42 bits per heavy atom. The molecule has 0 aliphatic heterocycles. The van der Waals surface area contributed by atoms with E-state index in [9.17, 15) is 27.5 Å². The SMILES string of the molecule is NS(=O)(=O)c1ccc(Cc2c(-c3cccc(-c4ccccc4F)c3)[nH]n(-c3nc(C(=O)O)cs3)c2=O)cc1. The number of aromatic nitrogens is 3. The van der Waals surface area contributed by atoms with Crippen molar-refractivity contribution in [2.75, 3.05) is 0 Å². The van der Waals surface area contributed by atoms with Crippen molar-refractivity contribution in [2.45, 2.75) is 11.3 Å². The summed E-state index contributed by atoms with van der Waals surface area (Å²) in [6.45, 7) is 0. The van der Waals surface area contributed by atoms with Gasteiger partial charge in [0.05, 0.1) is 10.6 Å². The van der Waals surface area contributed by atoms with E-state index in [0.717, 1.165) is 16.0 Å². The van der Waals surface area contributed by atoms with Crippen molar-refractivity contribution in [2.24, 2.45) is 5.14 Å². The Morgan fingerprint density at radius 1 is 1.05 bits per heavy atom. The number of sulfonamides is 1. The Morgan fingerprint density at radius 2 is 1.76 bits per heavy atom. The van der Waals surface area contributed by atoms with Gasteiger partial charge in [0.15, 0.2) is 5.69 Å². The number of primary sulfonamides is 1.